The topological polar surface area (TPSA) is 121 Å². The molecule has 3 aliphatic heterocycles. The highest BCUT2D eigenvalue weighted by Crippen LogP contribution is 2.31. The number of hydrogen-bond donors (Lipinski definition) is 2. The number of carbonyl (C=O) groups is 3. The van der Waals surface area contributed by atoms with Crippen LogP contribution in [-0.4, -0.2) is 86.6 Å². The van der Waals surface area contributed by atoms with E-state index in [-0.39, 0.29) is 29.9 Å². The number of rotatable bonds is 2. The maximum absolute atomic E-state index is 13.3. The van der Waals surface area contributed by atoms with Crippen LogP contribution in [0.15, 0.2) is 41.8 Å². The Bertz CT molecular complexity index is 1310. The lowest BCUT2D eigenvalue weighted by Crippen LogP contribution is -2.61. The van der Waals surface area contributed by atoms with Crippen LogP contribution in [0.5, 0.6) is 0 Å². The molecule has 0 unspecified atom stereocenters. The highest BCUT2D eigenvalue weighted by Gasteiger charge is 2.41. The second kappa shape index (κ2) is 8.41. The summed E-state index contributed by atoms with van der Waals surface area (Å²) in [6.45, 7) is 1.81. The molecule has 3 aromatic rings. The van der Waals surface area contributed by atoms with E-state index in [0.29, 0.717) is 60.3 Å². The van der Waals surface area contributed by atoms with Crippen molar-refractivity contribution in [2.45, 2.75) is 23.6 Å². The van der Waals surface area contributed by atoms with Crippen LogP contribution in [0.4, 0.5) is 5.69 Å². The van der Waals surface area contributed by atoms with Gasteiger partial charge in [0, 0.05) is 43.6 Å². The summed E-state index contributed by atoms with van der Waals surface area (Å²) in [4.78, 5) is 53.5. The Morgan fingerprint density at radius 2 is 1.97 bits per heavy atom. The second-order valence-corrected chi connectivity index (χ2v) is 9.53. The number of nitrogens with zero attached hydrogens (tertiary/aromatic N) is 4. The summed E-state index contributed by atoms with van der Waals surface area (Å²) in [7, 11) is 0. The number of fused-ring (bicyclic) bond motifs is 3. The lowest BCUT2D eigenvalue weighted by Gasteiger charge is -2.46. The molecular formula is C23H22N6O4S. The largest absolute Gasteiger partial charge is 0.372 e. The van der Waals surface area contributed by atoms with Gasteiger partial charge in [0.15, 0.2) is 0 Å². The molecule has 3 amide bonds. The predicted octanol–water partition coefficient (Wildman–Crippen LogP) is 1.76. The minimum absolute atomic E-state index is 0.0687. The molecule has 2 atom stereocenters. The predicted molar refractivity (Wildman–Crippen MR) is 125 cm³/mol. The van der Waals surface area contributed by atoms with Crippen molar-refractivity contribution in [3.8, 4) is 0 Å². The summed E-state index contributed by atoms with van der Waals surface area (Å²) >= 11 is 1.36. The summed E-state index contributed by atoms with van der Waals surface area (Å²) in [5.41, 5.74) is 2.29. The van der Waals surface area contributed by atoms with Gasteiger partial charge in [-0.15, -0.1) is 0 Å². The molecule has 0 aromatic carbocycles. The summed E-state index contributed by atoms with van der Waals surface area (Å²) in [6, 6.07) is 5.32. The summed E-state index contributed by atoms with van der Waals surface area (Å²) in [6.07, 6.45) is 5.31. The summed E-state index contributed by atoms with van der Waals surface area (Å²) < 4.78 is 5.99. The molecule has 2 N–H and O–H groups in total. The Morgan fingerprint density at radius 3 is 2.88 bits per heavy atom. The van der Waals surface area contributed by atoms with Gasteiger partial charge < -0.3 is 24.8 Å². The molecule has 3 aliphatic rings. The molecule has 0 spiro atoms. The average Bonchev–Trinajstić information content (AvgIpc) is 3.34. The Hall–Kier alpha value is -3.44. The van der Waals surface area contributed by atoms with Crippen molar-refractivity contribution in [3.63, 3.8) is 0 Å². The quantitative estimate of drug-likeness (QED) is 0.576. The van der Waals surface area contributed by atoms with Crippen molar-refractivity contribution < 1.29 is 19.1 Å². The van der Waals surface area contributed by atoms with E-state index < -0.39 is 0 Å². The standard InChI is InChI=1S/C23H22N6O4S/c30-19-12-34-21-16(27-19)8-15(10-26-21)22(31)28-4-2-17-18(11-28)33-6-5-29(17)23(32)14-7-13-1-3-24-20(13)25-9-14/h1,3,7-10,17-18H,2,4-6,11-12H2,(H,24,25)(H,27,30)/t17-,18+/m0/s1. The zero-order chi connectivity index (χ0) is 23.2. The number of H-pyrrole nitrogens is 1. The zero-order valence-electron chi connectivity index (χ0n) is 18.2. The number of ether oxygens (including phenoxy) is 1. The van der Waals surface area contributed by atoms with Crippen molar-refractivity contribution in [2.75, 3.05) is 37.3 Å². The van der Waals surface area contributed by atoms with Crippen LogP contribution in [0.3, 0.4) is 0 Å². The van der Waals surface area contributed by atoms with E-state index in [9.17, 15) is 14.4 Å². The number of aromatic amines is 1. The molecule has 174 valence electrons. The molecule has 0 radical (unpaired) electrons. The van der Waals surface area contributed by atoms with Gasteiger partial charge in [0.2, 0.25) is 5.91 Å². The highest BCUT2D eigenvalue weighted by atomic mass is 32.2. The van der Waals surface area contributed by atoms with Crippen molar-refractivity contribution in [2.24, 2.45) is 0 Å². The fourth-order valence-corrected chi connectivity index (χ4v) is 5.56. The zero-order valence-corrected chi connectivity index (χ0v) is 19.0. The number of piperidine rings is 1. The van der Waals surface area contributed by atoms with Gasteiger partial charge in [-0.1, -0.05) is 11.8 Å². The van der Waals surface area contributed by atoms with Crippen molar-refractivity contribution in [3.05, 3.63) is 47.9 Å². The molecule has 6 heterocycles. The first-order valence-corrected chi connectivity index (χ1v) is 12.1. The SMILES string of the molecule is O=C1CSc2ncc(C(=O)N3CC[C@H]4[C@@H](C3)OCCN4C(=O)c3cnc4[nH]ccc4c3)cc2N1. The summed E-state index contributed by atoms with van der Waals surface area (Å²) in [5.74, 6) is -0.00563. The molecule has 0 aliphatic carbocycles. The van der Waals surface area contributed by atoms with E-state index >= 15 is 0 Å². The molecule has 0 saturated carbocycles. The molecule has 6 rings (SSSR count). The first-order chi connectivity index (χ1) is 16.6. The Kier molecular flexibility index (Phi) is 5.22. The van der Waals surface area contributed by atoms with Gasteiger partial charge in [0.1, 0.15) is 10.7 Å². The van der Waals surface area contributed by atoms with Crippen LogP contribution >= 0.6 is 11.8 Å². The Morgan fingerprint density at radius 1 is 1.12 bits per heavy atom. The van der Waals surface area contributed by atoms with Crippen molar-refractivity contribution in [1.82, 2.24) is 24.8 Å². The normalized spacial score (nSPS) is 22.2. The highest BCUT2D eigenvalue weighted by molar-refractivity contribution is 8.00. The minimum Gasteiger partial charge on any atom is -0.372 e. The lowest BCUT2D eigenvalue weighted by molar-refractivity contribution is -0.113. The van der Waals surface area contributed by atoms with Crippen LogP contribution in [0.2, 0.25) is 0 Å². The Balaban J connectivity index is 1.17. The van der Waals surface area contributed by atoms with Gasteiger partial charge in [-0.25, -0.2) is 9.97 Å². The molecular weight excluding hydrogens is 456 g/mol. The fraction of sp³-hybridized carbons (Fsp3) is 0.348. The third-order valence-corrected chi connectivity index (χ3v) is 7.50. The van der Waals surface area contributed by atoms with Crippen molar-refractivity contribution in [1.29, 1.82) is 0 Å². The van der Waals surface area contributed by atoms with E-state index in [1.54, 1.807) is 29.6 Å². The number of nitrogens with one attached hydrogen (secondary N) is 2. The number of pyridine rings is 2. The van der Waals surface area contributed by atoms with Gasteiger partial charge in [0.05, 0.1) is 41.3 Å². The number of aromatic nitrogens is 3. The molecule has 0 bridgehead atoms. The van der Waals surface area contributed by atoms with E-state index in [4.69, 9.17) is 4.74 Å². The van der Waals surface area contributed by atoms with Crippen LogP contribution in [0.1, 0.15) is 27.1 Å². The van der Waals surface area contributed by atoms with Crippen LogP contribution in [0, 0.1) is 0 Å². The van der Waals surface area contributed by atoms with Gasteiger partial charge in [-0.3, -0.25) is 14.4 Å². The molecule has 2 fully saturated rings. The molecule has 34 heavy (non-hydrogen) atoms. The maximum atomic E-state index is 13.3. The van der Waals surface area contributed by atoms with Crippen LogP contribution in [-0.2, 0) is 9.53 Å². The number of morpholine rings is 1. The summed E-state index contributed by atoms with van der Waals surface area (Å²) in [5, 5.41) is 4.39. The molecule has 10 nitrogen and oxygen atoms in total. The number of amides is 3. The van der Waals surface area contributed by atoms with E-state index in [0.717, 1.165) is 11.0 Å². The van der Waals surface area contributed by atoms with Gasteiger partial charge in [-0.05, 0) is 24.6 Å². The van der Waals surface area contributed by atoms with E-state index in [1.165, 1.54) is 11.8 Å². The van der Waals surface area contributed by atoms with Crippen LogP contribution in [0.25, 0.3) is 11.0 Å². The number of hydrogen-bond acceptors (Lipinski definition) is 7. The van der Waals surface area contributed by atoms with Crippen molar-refractivity contribution >= 4 is 46.2 Å². The molecule has 3 aromatic heterocycles. The number of thioether (sulfide) groups is 1. The molecule has 11 heteroatoms. The second-order valence-electron chi connectivity index (χ2n) is 8.57. The average molecular weight is 479 g/mol. The smallest absolute Gasteiger partial charge is 0.255 e. The maximum Gasteiger partial charge on any atom is 0.255 e. The van der Waals surface area contributed by atoms with Crippen LogP contribution < -0.4 is 5.32 Å². The number of anilines is 1. The first kappa shape index (κ1) is 21.1. The minimum atomic E-state index is -0.264. The van der Waals surface area contributed by atoms with Gasteiger partial charge in [-0.2, -0.15) is 0 Å². The third kappa shape index (κ3) is 3.70. The van der Waals surface area contributed by atoms with E-state index in [2.05, 4.69) is 20.3 Å². The third-order valence-electron chi connectivity index (χ3n) is 6.50. The molecule has 2 saturated heterocycles. The van der Waals surface area contributed by atoms with Gasteiger partial charge in [0.25, 0.3) is 11.8 Å². The first-order valence-electron chi connectivity index (χ1n) is 11.1. The van der Waals surface area contributed by atoms with Gasteiger partial charge >= 0.3 is 0 Å². The fourth-order valence-electron chi connectivity index (χ4n) is 4.83. The Labute approximate surface area is 199 Å². The monoisotopic (exact) mass is 478 g/mol. The number of likely N-dealkylation sites (tertiary alicyclic amines) is 1. The number of carbonyl (C=O) groups excluding carboxylic acids is 3. The van der Waals surface area contributed by atoms with E-state index in [1.807, 2.05) is 17.0 Å². The lowest BCUT2D eigenvalue weighted by atomic mass is 9.97.